The van der Waals surface area contributed by atoms with E-state index in [-0.39, 0.29) is 23.6 Å². The Balaban J connectivity index is 1.74. The predicted octanol–water partition coefficient (Wildman–Crippen LogP) is 3.76. The topological polar surface area (TPSA) is 82.1 Å². The minimum absolute atomic E-state index is 0.103. The average molecular weight is 429 g/mol. The van der Waals surface area contributed by atoms with E-state index >= 15 is 0 Å². The molecule has 2 amide bonds. The maximum Gasteiger partial charge on any atom is 0.410 e. The van der Waals surface area contributed by atoms with Crippen molar-refractivity contribution in [1.82, 2.24) is 9.80 Å². The van der Waals surface area contributed by atoms with E-state index in [2.05, 4.69) is 5.32 Å². The fourth-order valence-electron chi connectivity index (χ4n) is 3.42. The number of carbonyl (C=O) groups excluding carboxylic acids is 2. The minimum atomic E-state index is -0.657. The van der Waals surface area contributed by atoms with Gasteiger partial charge < -0.3 is 20.1 Å². The number of ether oxygens (including phenoxy) is 1. The first-order chi connectivity index (χ1) is 14.6. The number of phenols is 1. The SMILES string of the molecule is CC(C)(C)OC(=O)N1CCN(C(C(=O)Nc2ccc(O)cc2)c2ccc(F)cc2)CC1. The first kappa shape index (κ1) is 22.6. The Morgan fingerprint density at radius 3 is 2.13 bits per heavy atom. The van der Waals surface area contributed by atoms with Crippen molar-refractivity contribution in [3.8, 4) is 5.75 Å². The van der Waals surface area contributed by atoms with E-state index in [0.29, 0.717) is 37.4 Å². The summed E-state index contributed by atoms with van der Waals surface area (Å²) in [6, 6.07) is 11.4. The Bertz CT molecular complexity index is 902. The van der Waals surface area contributed by atoms with Gasteiger partial charge in [-0.15, -0.1) is 0 Å². The number of piperazine rings is 1. The molecule has 0 saturated carbocycles. The molecule has 0 spiro atoms. The van der Waals surface area contributed by atoms with Gasteiger partial charge in [-0.1, -0.05) is 12.1 Å². The molecule has 1 aliphatic heterocycles. The van der Waals surface area contributed by atoms with Crippen molar-refractivity contribution in [2.45, 2.75) is 32.4 Å². The smallest absolute Gasteiger partial charge is 0.410 e. The summed E-state index contributed by atoms with van der Waals surface area (Å²) in [7, 11) is 0. The van der Waals surface area contributed by atoms with E-state index in [1.807, 2.05) is 25.7 Å². The monoisotopic (exact) mass is 429 g/mol. The van der Waals surface area contributed by atoms with Crippen molar-refractivity contribution >= 4 is 17.7 Å². The van der Waals surface area contributed by atoms with Crippen molar-refractivity contribution in [3.05, 3.63) is 59.9 Å². The summed E-state index contributed by atoms with van der Waals surface area (Å²) < 4.78 is 18.9. The van der Waals surface area contributed by atoms with Gasteiger partial charge >= 0.3 is 6.09 Å². The number of aromatic hydroxyl groups is 1. The fraction of sp³-hybridized carbons (Fsp3) is 0.391. The third-order valence-electron chi connectivity index (χ3n) is 4.90. The van der Waals surface area contributed by atoms with Gasteiger partial charge in [0.05, 0.1) is 0 Å². The number of phenolic OH excluding ortho intramolecular Hbond substituents is 1. The molecule has 1 aliphatic rings. The summed E-state index contributed by atoms with van der Waals surface area (Å²) in [6.07, 6.45) is -0.376. The zero-order valence-electron chi connectivity index (χ0n) is 18.0. The number of halogens is 1. The molecule has 0 aliphatic carbocycles. The predicted molar refractivity (Wildman–Crippen MR) is 115 cm³/mol. The Labute approximate surface area is 181 Å². The van der Waals surface area contributed by atoms with Crippen LogP contribution in [0.15, 0.2) is 48.5 Å². The molecule has 1 unspecified atom stereocenters. The normalized spacial score (nSPS) is 15.9. The molecular weight excluding hydrogens is 401 g/mol. The number of hydrogen-bond donors (Lipinski definition) is 2. The van der Waals surface area contributed by atoms with Crippen LogP contribution >= 0.6 is 0 Å². The van der Waals surface area contributed by atoms with Crippen molar-refractivity contribution in [3.63, 3.8) is 0 Å². The second kappa shape index (κ2) is 9.34. The van der Waals surface area contributed by atoms with Gasteiger partial charge in [-0.3, -0.25) is 9.69 Å². The fourth-order valence-corrected chi connectivity index (χ4v) is 3.42. The lowest BCUT2D eigenvalue weighted by molar-refractivity contribution is -0.122. The van der Waals surface area contributed by atoms with Gasteiger partial charge in [-0.2, -0.15) is 0 Å². The molecular formula is C23H28FN3O4. The van der Waals surface area contributed by atoms with Gasteiger partial charge in [-0.05, 0) is 62.7 Å². The van der Waals surface area contributed by atoms with Gasteiger partial charge in [-0.25, -0.2) is 9.18 Å². The van der Waals surface area contributed by atoms with Crippen LogP contribution in [0.5, 0.6) is 5.75 Å². The Morgan fingerprint density at radius 2 is 1.58 bits per heavy atom. The lowest BCUT2D eigenvalue weighted by atomic mass is 10.0. The van der Waals surface area contributed by atoms with E-state index < -0.39 is 11.6 Å². The van der Waals surface area contributed by atoms with Crippen molar-refractivity contribution < 1.29 is 23.8 Å². The number of nitrogens with zero attached hydrogens (tertiary/aromatic N) is 2. The number of anilines is 1. The van der Waals surface area contributed by atoms with E-state index in [1.165, 1.54) is 24.3 Å². The summed E-state index contributed by atoms with van der Waals surface area (Å²) >= 11 is 0. The van der Waals surface area contributed by atoms with Crippen LogP contribution in [0, 0.1) is 5.82 Å². The minimum Gasteiger partial charge on any atom is -0.508 e. The summed E-state index contributed by atoms with van der Waals surface area (Å²) in [6.45, 7) is 7.21. The molecule has 1 saturated heterocycles. The highest BCUT2D eigenvalue weighted by Crippen LogP contribution is 2.26. The third-order valence-corrected chi connectivity index (χ3v) is 4.90. The molecule has 0 bridgehead atoms. The molecule has 2 aromatic carbocycles. The van der Waals surface area contributed by atoms with Gasteiger partial charge in [0, 0.05) is 31.9 Å². The number of rotatable bonds is 4. The quantitative estimate of drug-likeness (QED) is 0.723. The molecule has 0 radical (unpaired) electrons. The number of nitrogens with one attached hydrogen (secondary N) is 1. The van der Waals surface area contributed by atoms with Crippen molar-refractivity contribution in [1.29, 1.82) is 0 Å². The second-order valence-corrected chi connectivity index (χ2v) is 8.49. The first-order valence-corrected chi connectivity index (χ1v) is 10.2. The summed E-state index contributed by atoms with van der Waals surface area (Å²) in [5, 5.41) is 12.3. The van der Waals surface area contributed by atoms with Gasteiger partial charge in [0.1, 0.15) is 23.2 Å². The molecule has 31 heavy (non-hydrogen) atoms. The molecule has 1 fully saturated rings. The van der Waals surface area contributed by atoms with Crippen LogP contribution in [-0.4, -0.2) is 58.7 Å². The van der Waals surface area contributed by atoms with Crippen LogP contribution in [0.2, 0.25) is 0 Å². The maximum absolute atomic E-state index is 13.5. The summed E-state index contributed by atoms with van der Waals surface area (Å²) in [4.78, 5) is 29.1. The van der Waals surface area contributed by atoms with Crippen LogP contribution < -0.4 is 5.32 Å². The van der Waals surface area contributed by atoms with E-state index in [9.17, 15) is 19.1 Å². The highest BCUT2D eigenvalue weighted by Gasteiger charge is 2.33. The van der Waals surface area contributed by atoms with Crippen LogP contribution in [0.3, 0.4) is 0 Å². The number of carbonyl (C=O) groups is 2. The lowest BCUT2D eigenvalue weighted by Crippen LogP contribution is -2.52. The molecule has 166 valence electrons. The molecule has 1 atom stereocenters. The van der Waals surface area contributed by atoms with Gasteiger partial charge in [0.15, 0.2) is 0 Å². The van der Waals surface area contributed by atoms with Crippen LogP contribution in [-0.2, 0) is 9.53 Å². The Hall–Kier alpha value is -3.13. The maximum atomic E-state index is 13.5. The molecule has 7 nitrogen and oxygen atoms in total. The van der Waals surface area contributed by atoms with Gasteiger partial charge in [0.25, 0.3) is 0 Å². The zero-order valence-corrected chi connectivity index (χ0v) is 18.0. The van der Waals surface area contributed by atoms with E-state index in [4.69, 9.17) is 4.74 Å². The highest BCUT2D eigenvalue weighted by molar-refractivity contribution is 5.95. The van der Waals surface area contributed by atoms with Crippen molar-refractivity contribution in [2.75, 3.05) is 31.5 Å². The number of amides is 2. The van der Waals surface area contributed by atoms with Crippen molar-refractivity contribution in [2.24, 2.45) is 0 Å². The Kier molecular flexibility index (Phi) is 6.80. The average Bonchev–Trinajstić information content (AvgIpc) is 2.70. The molecule has 1 heterocycles. The zero-order chi connectivity index (χ0) is 22.6. The van der Waals surface area contributed by atoms with E-state index in [1.54, 1.807) is 29.2 Å². The molecule has 8 heteroatoms. The summed E-state index contributed by atoms with van der Waals surface area (Å²) in [5.74, 6) is -0.550. The van der Waals surface area contributed by atoms with Gasteiger partial charge in [0.2, 0.25) is 5.91 Å². The number of hydrogen-bond acceptors (Lipinski definition) is 5. The van der Waals surface area contributed by atoms with Crippen LogP contribution in [0.4, 0.5) is 14.9 Å². The molecule has 3 rings (SSSR count). The van der Waals surface area contributed by atoms with Crippen LogP contribution in [0.25, 0.3) is 0 Å². The largest absolute Gasteiger partial charge is 0.508 e. The Morgan fingerprint density at radius 1 is 1.00 bits per heavy atom. The van der Waals surface area contributed by atoms with E-state index in [0.717, 1.165) is 0 Å². The van der Waals surface area contributed by atoms with Crippen LogP contribution in [0.1, 0.15) is 32.4 Å². The standard InChI is InChI=1S/C23H28FN3O4/c1-23(2,3)31-22(30)27-14-12-26(13-15-27)20(16-4-6-17(24)7-5-16)21(29)25-18-8-10-19(28)11-9-18/h4-11,20,28H,12-15H2,1-3H3,(H,25,29). The molecule has 2 N–H and O–H groups in total. The number of benzene rings is 2. The molecule has 0 aromatic heterocycles. The summed E-state index contributed by atoms with van der Waals surface area (Å²) in [5.41, 5.74) is 0.625. The molecule has 2 aromatic rings. The first-order valence-electron chi connectivity index (χ1n) is 10.2. The third kappa shape index (κ3) is 6.18. The second-order valence-electron chi connectivity index (χ2n) is 8.49. The highest BCUT2D eigenvalue weighted by atomic mass is 19.1. The lowest BCUT2D eigenvalue weighted by Gasteiger charge is -2.39.